The van der Waals surface area contributed by atoms with Crippen molar-refractivity contribution >= 4 is 32.3 Å². The molecule has 0 aliphatic carbocycles. The van der Waals surface area contributed by atoms with E-state index in [1.807, 2.05) is 0 Å². The molecule has 0 bridgehead atoms. The maximum atomic E-state index is 12.4. The van der Waals surface area contributed by atoms with Gasteiger partial charge in [-0.25, -0.2) is 13.4 Å². The highest BCUT2D eigenvalue weighted by molar-refractivity contribution is 7.92. The number of anilines is 2. The molecule has 3 aromatic rings. The monoisotopic (exact) mass is 299 g/mol. The topological polar surface area (TPSA) is 85.1 Å². The summed E-state index contributed by atoms with van der Waals surface area (Å²) in [5, 5.41) is 1.43. The minimum Gasteiger partial charge on any atom is -0.383 e. The first-order valence-corrected chi connectivity index (χ1v) is 7.77. The third kappa shape index (κ3) is 2.53. The van der Waals surface area contributed by atoms with Crippen molar-refractivity contribution < 1.29 is 8.42 Å². The quantitative estimate of drug-likeness (QED) is 0.778. The Balaban J connectivity index is 2.09. The molecule has 0 saturated heterocycles. The molecule has 0 saturated carbocycles. The van der Waals surface area contributed by atoms with E-state index < -0.39 is 10.0 Å². The molecule has 106 valence electrons. The molecule has 0 aliphatic heterocycles. The molecule has 2 aromatic carbocycles. The number of aromatic nitrogens is 1. The second kappa shape index (κ2) is 5.06. The molecule has 0 fully saturated rings. The fourth-order valence-corrected chi connectivity index (χ4v) is 3.22. The molecule has 5 nitrogen and oxygen atoms in total. The first kappa shape index (κ1) is 13.4. The van der Waals surface area contributed by atoms with E-state index in [4.69, 9.17) is 5.73 Å². The van der Waals surface area contributed by atoms with Crippen molar-refractivity contribution in [3.8, 4) is 0 Å². The first-order chi connectivity index (χ1) is 10.1. The summed E-state index contributed by atoms with van der Waals surface area (Å²) in [7, 11) is -3.63. The molecule has 0 atom stereocenters. The summed E-state index contributed by atoms with van der Waals surface area (Å²) in [6, 6.07) is 15.2. The van der Waals surface area contributed by atoms with Crippen LogP contribution in [-0.4, -0.2) is 13.4 Å². The molecule has 1 heterocycles. The number of nitrogens with zero attached hydrogens (tertiary/aromatic N) is 1. The van der Waals surface area contributed by atoms with Crippen molar-refractivity contribution in [3.05, 3.63) is 60.8 Å². The van der Waals surface area contributed by atoms with Gasteiger partial charge in [-0.2, -0.15) is 0 Å². The van der Waals surface area contributed by atoms with E-state index in [1.165, 1.54) is 0 Å². The predicted molar refractivity (Wildman–Crippen MR) is 83.4 cm³/mol. The smallest absolute Gasteiger partial charge is 0.261 e. The average molecular weight is 299 g/mol. The highest BCUT2D eigenvalue weighted by atomic mass is 32.2. The highest BCUT2D eigenvalue weighted by Gasteiger charge is 2.15. The molecule has 3 rings (SSSR count). The van der Waals surface area contributed by atoms with E-state index in [0.29, 0.717) is 22.3 Å². The van der Waals surface area contributed by atoms with Crippen LogP contribution in [-0.2, 0) is 10.0 Å². The number of rotatable bonds is 3. The minimum absolute atomic E-state index is 0.212. The van der Waals surface area contributed by atoms with Crippen LogP contribution in [0.25, 0.3) is 10.8 Å². The molecule has 0 spiro atoms. The van der Waals surface area contributed by atoms with Crippen LogP contribution in [0.2, 0.25) is 0 Å². The lowest BCUT2D eigenvalue weighted by Crippen LogP contribution is -2.13. The number of nitrogens with one attached hydrogen (secondary N) is 1. The van der Waals surface area contributed by atoms with Gasteiger partial charge in [-0.3, -0.25) is 4.72 Å². The number of hydrogen-bond acceptors (Lipinski definition) is 4. The lowest BCUT2D eigenvalue weighted by atomic mass is 10.1. The van der Waals surface area contributed by atoms with Crippen LogP contribution in [0, 0.1) is 0 Å². The molecule has 0 amide bonds. The van der Waals surface area contributed by atoms with E-state index in [9.17, 15) is 8.42 Å². The number of nitrogen functional groups attached to an aromatic ring is 1. The number of nitrogens with two attached hydrogens (primary N) is 1. The van der Waals surface area contributed by atoms with Gasteiger partial charge in [0.2, 0.25) is 0 Å². The Hall–Kier alpha value is -2.60. The van der Waals surface area contributed by atoms with Crippen LogP contribution in [0.3, 0.4) is 0 Å². The summed E-state index contributed by atoms with van der Waals surface area (Å²) in [4.78, 5) is 4.22. The number of pyridine rings is 1. The van der Waals surface area contributed by atoms with Crippen molar-refractivity contribution in [2.75, 3.05) is 10.5 Å². The normalized spacial score (nSPS) is 11.4. The molecule has 0 unspecified atom stereocenters. The van der Waals surface area contributed by atoms with E-state index >= 15 is 0 Å². The van der Waals surface area contributed by atoms with Gasteiger partial charge < -0.3 is 5.73 Å². The third-order valence-electron chi connectivity index (χ3n) is 3.13. The second-order valence-electron chi connectivity index (χ2n) is 4.52. The maximum Gasteiger partial charge on any atom is 0.261 e. The Kier molecular flexibility index (Phi) is 3.23. The van der Waals surface area contributed by atoms with Gasteiger partial charge in [0.1, 0.15) is 5.82 Å². The third-order valence-corrected chi connectivity index (χ3v) is 4.52. The Labute approximate surface area is 122 Å². The van der Waals surface area contributed by atoms with E-state index in [-0.39, 0.29) is 4.90 Å². The SMILES string of the molecule is Nc1nccc2c(NS(=O)(=O)c3ccccc3)cccc12. The Morgan fingerprint density at radius 1 is 0.905 bits per heavy atom. The zero-order chi connectivity index (χ0) is 14.9. The van der Waals surface area contributed by atoms with Gasteiger partial charge in [-0.05, 0) is 24.3 Å². The number of hydrogen-bond donors (Lipinski definition) is 2. The van der Waals surface area contributed by atoms with Gasteiger partial charge in [-0.15, -0.1) is 0 Å². The fourth-order valence-electron chi connectivity index (χ4n) is 2.12. The van der Waals surface area contributed by atoms with Crippen LogP contribution in [0.5, 0.6) is 0 Å². The number of fused-ring (bicyclic) bond motifs is 1. The molecule has 6 heteroatoms. The molecular weight excluding hydrogens is 286 g/mol. The van der Waals surface area contributed by atoms with Crippen molar-refractivity contribution in [3.63, 3.8) is 0 Å². The summed E-state index contributed by atoms with van der Waals surface area (Å²) >= 11 is 0. The standard InChI is InChI=1S/C15H13N3O2S/c16-15-13-7-4-8-14(12(13)9-10-17-15)18-21(19,20)11-5-2-1-3-6-11/h1-10,18H,(H2,16,17). The Morgan fingerprint density at radius 2 is 1.67 bits per heavy atom. The molecule has 3 N–H and O–H groups in total. The van der Waals surface area contributed by atoms with E-state index in [2.05, 4.69) is 9.71 Å². The average Bonchev–Trinajstić information content (AvgIpc) is 2.49. The summed E-state index contributed by atoms with van der Waals surface area (Å²) < 4.78 is 27.3. The van der Waals surface area contributed by atoms with Crippen molar-refractivity contribution in [2.45, 2.75) is 4.90 Å². The zero-order valence-electron chi connectivity index (χ0n) is 11.0. The largest absolute Gasteiger partial charge is 0.383 e. The molecule has 0 radical (unpaired) electrons. The zero-order valence-corrected chi connectivity index (χ0v) is 11.8. The molecular formula is C15H13N3O2S. The number of sulfonamides is 1. The lowest BCUT2D eigenvalue weighted by molar-refractivity contribution is 0.601. The van der Waals surface area contributed by atoms with Crippen LogP contribution in [0.4, 0.5) is 11.5 Å². The maximum absolute atomic E-state index is 12.4. The van der Waals surface area contributed by atoms with Crippen molar-refractivity contribution in [1.29, 1.82) is 0 Å². The highest BCUT2D eigenvalue weighted by Crippen LogP contribution is 2.27. The molecule has 1 aromatic heterocycles. The predicted octanol–water partition coefficient (Wildman–Crippen LogP) is 2.62. The molecule has 0 aliphatic rings. The van der Waals surface area contributed by atoms with Crippen LogP contribution in [0.1, 0.15) is 0 Å². The van der Waals surface area contributed by atoms with E-state index in [0.717, 1.165) is 0 Å². The van der Waals surface area contributed by atoms with Crippen LogP contribution < -0.4 is 10.5 Å². The first-order valence-electron chi connectivity index (χ1n) is 6.29. The van der Waals surface area contributed by atoms with Gasteiger partial charge >= 0.3 is 0 Å². The summed E-state index contributed by atoms with van der Waals surface area (Å²) in [5.41, 5.74) is 6.29. The Bertz CT molecular complexity index is 893. The number of benzene rings is 2. The summed E-state index contributed by atoms with van der Waals surface area (Å²) in [6.07, 6.45) is 1.55. The van der Waals surface area contributed by atoms with Gasteiger partial charge in [0, 0.05) is 17.0 Å². The van der Waals surface area contributed by atoms with Gasteiger partial charge in [-0.1, -0.05) is 30.3 Å². The van der Waals surface area contributed by atoms with Crippen molar-refractivity contribution in [2.24, 2.45) is 0 Å². The van der Waals surface area contributed by atoms with Crippen LogP contribution >= 0.6 is 0 Å². The summed E-state index contributed by atoms with van der Waals surface area (Å²) in [6.45, 7) is 0. The van der Waals surface area contributed by atoms with Crippen LogP contribution in [0.15, 0.2) is 65.7 Å². The summed E-state index contributed by atoms with van der Waals surface area (Å²) in [5.74, 6) is 0.369. The van der Waals surface area contributed by atoms with Gasteiger partial charge in [0.25, 0.3) is 10.0 Å². The van der Waals surface area contributed by atoms with Gasteiger partial charge in [0.15, 0.2) is 0 Å². The van der Waals surface area contributed by atoms with Gasteiger partial charge in [0.05, 0.1) is 10.6 Å². The minimum atomic E-state index is -3.63. The fraction of sp³-hybridized carbons (Fsp3) is 0. The lowest BCUT2D eigenvalue weighted by Gasteiger charge is -2.11. The van der Waals surface area contributed by atoms with E-state index in [1.54, 1.807) is 60.8 Å². The second-order valence-corrected chi connectivity index (χ2v) is 6.20. The molecule has 21 heavy (non-hydrogen) atoms. The Morgan fingerprint density at radius 3 is 2.43 bits per heavy atom. The van der Waals surface area contributed by atoms with Crippen molar-refractivity contribution in [1.82, 2.24) is 4.98 Å².